The van der Waals surface area contributed by atoms with Gasteiger partial charge in [-0.2, -0.15) is 0 Å². The van der Waals surface area contributed by atoms with Gasteiger partial charge in [0.25, 0.3) is 0 Å². The number of nitrogens with zero attached hydrogens (tertiary/aromatic N) is 2. The van der Waals surface area contributed by atoms with Gasteiger partial charge in [0.05, 0.1) is 5.92 Å². The number of piperazine rings is 1. The van der Waals surface area contributed by atoms with Gasteiger partial charge in [0, 0.05) is 44.7 Å². The second-order valence-electron chi connectivity index (χ2n) is 5.52. The van der Waals surface area contributed by atoms with E-state index in [2.05, 4.69) is 4.90 Å². The smallest absolute Gasteiger partial charge is 0.219 e. The van der Waals surface area contributed by atoms with Crippen LogP contribution >= 0.6 is 11.6 Å². The van der Waals surface area contributed by atoms with Crippen LogP contribution in [0.3, 0.4) is 0 Å². The van der Waals surface area contributed by atoms with Gasteiger partial charge in [0.2, 0.25) is 5.91 Å². The molecule has 0 radical (unpaired) electrons. The molecule has 0 spiro atoms. The van der Waals surface area contributed by atoms with Crippen LogP contribution in [0.1, 0.15) is 25.3 Å². The summed E-state index contributed by atoms with van der Waals surface area (Å²) >= 11 is 5.90. The molecule has 0 N–H and O–H groups in total. The molecule has 0 saturated carbocycles. The van der Waals surface area contributed by atoms with Crippen molar-refractivity contribution in [2.24, 2.45) is 0 Å². The molecule has 1 fully saturated rings. The van der Waals surface area contributed by atoms with Crippen molar-refractivity contribution in [1.82, 2.24) is 9.80 Å². The molecular formula is C16H21ClN2O2. The van der Waals surface area contributed by atoms with Crippen molar-refractivity contribution < 1.29 is 9.59 Å². The van der Waals surface area contributed by atoms with Gasteiger partial charge in [0.1, 0.15) is 5.78 Å². The lowest BCUT2D eigenvalue weighted by Gasteiger charge is -2.35. The summed E-state index contributed by atoms with van der Waals surface area (Å²) < 4.78 is 0. The number of amides is 1. The number of carbonyl (C=O) groups excluding carboxylic acids is 2. The van der Waals surface area contributed by atoms with E-state index >= 15 is 0 Å². The Labute approximate surface area is 130 Å². The van der Waals surface area contributed by atoms with Gasteiger partial charge >= 0.3 is 0 Å². The van der Waals surface area contributed by atoms with Crippen LogP contribution in [0.5, 0.6) is 0 Å². The van der Waals surface area contributed by atoms with Gasteiger partial charge in [-0.15, -0.1) is 0 Å². The zero-order valence-corrected chi connectivity index (χ0v) is 13.3. The van der Waals surface area contributed by atoms with Crippen LogP contribution in [-0.2, 0) is 9.59 Å². The Morgan fingerprint density at radius 1 is 1.10 bits per heavy atom. The highest BCUT2D eigenvalue weighted by Gasteiger charge is 2.24. The average Bonchev–Trinajstić information content (AvgIpc) is 2.46. The summed E-state index contributed by atoms with van der Waals surface area (Å²) in [5, 5.41) is 0.677. The number of halogens is 1. The minimum Gasteiger partial charge on any atom is -0.340 e. The minimum absolute atomic E-state index is 0.121. The molecule has 114 valence electrons. The third kappa shape index (κ3) is 4.29. The van der Waals surface area contributed by atoms with Crippen LogP contribution in [0.25, 0.3) is 0 Å². The zero-order chi connectivity index (χ0) is 15.4. The average molecular weight is 309 g/mol. The summed E-state index contributed by atoms with van der Waals surface area (Å²) in [5.41, 5.74) is 1.00. The minimum atomic E-state index is -0.133. The van der Waals surface area contributed by atoms with Gasteiger partial charge in [-0.25, -0.2) is 0 Å². The lowest BCUT2D eigenvalue weighted by molar-refractivity contribution is -0.131. The number of rotatable bonds is 4. The van der Waals surface area contributed by atoms with Crippen molar-refractivity contribution in [3.05, 3.63) is 34.9 Å². The quantitative estimate of drug-likeness (QED) is 0.856. The molecule has 1 aromatic rings. The standard InChI is InChI=1S/C16H21ClN2O2/c1-12(20)16(14-3-5-15(17)6-4-14)11-18-7-9-19(10-8-18)13(2)21/h3-6,16H,7-11H2,1-2H3/t16-/m1/s1. The van der Waals surface area contributed by atoms with Gasteiger partial charge in [-0.1, -0.05) is 23.7 Å². The van der Waals surface area contributed by atoms with Crippen LogP contribution in [0.15, 0.2) is 24.3 Å². The lowest BCUT2D eigenvalue weighted by atomic mass is 9.94. The third-order valence-corrected chi connectivity index (χ3v) is 4.27. The van der Waals surface area contributed by atoms with Crippen LogP contribution < -0.4 is 0 Å². The van der Waals surface area contributed by atoms with Gasteiger partial charge in [-0.05, 0) is 24.6 Å². The van der Waals surface area contributed by atoms with Crippen LogP contribution in [0.2, 0.25) is 5.02 Å². The van der Waals surface area contributed by atoms with E-state index in [9.17, 15) is 9.59 Å². The maximum atomic E-state index is 12.0. The van der Waals surface area contributed by atoms with E-state index in [4.69, 9.17) is 11.6 Å². The van der Waals surface area contributed by atoms with Gasteiger partial charge < -0.3 is 4.90 Å². The van der Waals surface area contributed by atoms with E-state index in [0.717, 1.165) is 31.7 Å². The van der Waals surface area contributed by atoms with Crippen molar-refractivity contribution in [2.75, 3.05) is 32.7 Å². The molecule has 0 aromatic heterocycles. The number of Topliss-reactive ketones (excluding diaryl/α,β-unsaturated/α-hetero) is 1. The monoisotopic (exact) mass is 308 g/mol. The fourth-order valence-corrected chi connectivity index (χ4v) is 2.79. The fourth-order valence-electron chi connectivity index (χ4n) is 2.67. The SMILES string of the molecule is CC(=O)[C@@H](CN1CCN(C(C)=O)CC1)c1ccc(Cl)cc1. The highest BCUT2D eigenvalue weighted by molar-refractivity contribution is 6.30. The van der Waals surface area contributed by atoms with Crippen LogP contribution in [-0.4, -0.2) is 54.2 Å². The second-order valence-corrected chi connectivity index (χ2v) is 5.96. The molecule has 1 aliphatic rings. The summed E-state index contributed by atoms with van der Waals surface area (Å²) in [5.74, 6) is 0.146. The third-order valence-electron chi connectivity index (χ3n) is 4.02. The van der Waals surface area contributed by atoms with E-state index in [1.807, 2.05) is 29.2 Å². The first-order valence-electron chi connectivity index (χ1n) is 7.21. The molecule has 4 nitrogen and oxygen atoms in total. The highest BCUT2D eigenvalue weighted by Crippen LogP contribution is 2.21. The predicted octanol–water partition coefficient (Wildman–Crippen LogP) is 2.18. The van der Waals surface area contributed by atoms with E-state index in [1.54, 1.807) is 13.8 Å². The fraction of sp³-hybridized carbons (Fsp3) is 0.500. The maximum absolute atomic E-state index is 12.0. The number of benzene rings is 1. The van der Waals surface area contributed by atoms with Gasteiger partial charge in [0.15, 0.2) is 0 Å². The molecule has 21 heavy (non-hydrogen) atoms. The summed E-state index contributed by atoms with van der Waals surface area (Å²) in [6.45, 7) is 7.03. The Hall–Kier alpha value is -1.39. The Morgan fingerprint density at radius 2 is 1.67 bits per heavy atom. The molecule has 1 aliphatic heterocycles. The van der Waals surface area contributed by atoms with E-state index in [-0.39, 0.29) is 17.6 Å². The Kier molecular flexibility index (Phi) is 5.37. The molecule has 1 heterocycles. The number of carbonyl (C=O) groups is 2. The first kappa shape index (κ1) is 16.0. The number of hydrogen-bond donors (Lipinski definition) is 0. The van der Waals surface area contributed by atoms with Crippen LogP contribution in [0.4, 0.5) is 0 Å². The topological polar surface area (TPSA) is 40.6 Å². The highest BCUT2D eigenvalue weighted by atomic mass is 35.5. The van der Waals surface area contributed by atoms with Crippen molar-refractivity contribution in [2.45, 2.75) is 19.8 Å². The summed E-state index contributed by atoms with van der Waals surface area (Å²) in [6, 6.07) is 7.47. The molecule has 1 amide bonds. The molecule has 1 aromatic carbocycles. The van der Waals surface area contributed by atoms with Crippen molar-refractivity contribution >= 4 is 23.3 Å². The summed E-state index contributed by atoms with van der Waals surface area (Å²) in [6.07, 6.45) is 0. The zero-order valence-electron chi connectivity index (χ0n) is 12.5. The molecule has 0 aliphatic carbocycles. The number of hydrogen-bond acceptors (Lipinski definition) is 3. The van der Waals surface area contributed by atoms with E-state index < -0.39 is 0 Å². The molecule has 1 saturated heterocycles. The van der Waals surface area contributed by atoms with Crippen molar-refractivity contribution in [3.63, 3.8) is 0 Å². The van der Waals surface area contributed by atoms with E-state index in [0.29, 0.717) is 11.6 Å². The molecule has 2 rings (SSSR count). The predicted molar refractivity (Wildman–Crippen MR) is 83.6 cm³/mol. The van der Waals surface area contributed by atoms with Crippen molar-refractivity contribution in [3.8, 4) is 0 Å². The molecular weight excluding hydrogens is 288 g/mol. The first-order chi connectivity index (χ1) is 9.97. The lowest BCUT2D eigenvalue weighted by Crippen LogP contribution is -2.49. The summed E-state index contributed by atoms with van der Waals surface area (Å²) in [4.78, 5) is 27.4. The van der Waals surface area contributed by atoms with E-state index in [1.165, 1.54) is 0 Å². The first-order valence-corrected chi connectivity index (χ1v) is 7.59. The normalized spacial score (nSPS) is 17.6. The van der Waals surface area contributed by atoms with Crippen LogP contribution in [0, 0.1) is 0 Å². The van der Waals surface area contributed by atoms with Crippen molar-refractivity contribution in [1.29, 1.82) is 0 Å². The van der Waals surface area contributed by atoms with Gasteiger partial charge in [-0.3, -0.25) is 14.5 Å². The largest absolute Gasteiger partial charge is 0.340 e. The summed E-state index contributed by atoms with van der Waals surface area (Å²) in [7, 11) is 0. The second kappa shape index (κ2) is 7.05. The number of ketones is 1. The molecule has 0 bridgehead atoms. The Bertz CT molecular complexity index is 508. The Balaban J connectivity index is 2.00. The molecule has 5 heteroatoms. The molecule has 0 unspecified atom stereocenters. The maximum Gasteiger partial charge on any atom is 0.219 e. The Morgan fingerprint density at radius 3 is 2.14 bits per heavy atom. The molecule has 1 atom stereocenters.